The molecule has 0 unspecified atom stereocenters. The Bertz CT molecular complexity index is 525. The Kier molecular flexibility index (Phi) is 2.05. The molecule has 2 aromatic rings. The Balaban J connectivity index is 2.88. The predicted molar refractivity (Wildman–Crippen MR) is 52.5 cm³/mol. The van der Waals surface area contributed by atoms with Crippen LogP contribution in [-0.2, 0) is 5.33 Å². The van der Waals surface area contributed by atoms with Crippen molar-refractivity contribution >= 4 is 27.5 Å². The Labute approximate surface area is 87.5 Å². The van der Waals surface area contributed by atoms with E-state index in [1.165, 1.54) is 10.8 Å². The summed E-state index contributed by atoms with van der Waals surface area (Å²) in [5.41, 5.74) is 6.64. The summed E-state index contributed by atoms with van der Waals surface area (Å²) in [5.74, 6) is 0.667. The number of rotatable bonds is 1. The number of nitrogens with two attached hydrogens (primary N) is 1. The van der Waals surface area contributed by atoms with Gasteiger partial charge in [0, 0.05) is 5.33 Å². The van der Waals surface area contributed by atoms with Crippen LogP contribution in [0.3, 0.4) is 0 Å². The van der Waals surface area contributed by atoms with Crippen molar-refractivity contribution in [1.29, 1.82) is 5.26 Å². The fourth-order valence-corrected chi connectivity index (χ4v) is 1.54. The third-order valence-corrected chi connectivity index (χ3v) is 2.31. The van der Waals surface area contributed by atoms with E-state index < -0.39 is 0 Å². The average molecular weight is 253 g/mol. The van der Waals surface area contributed by atoms with Gasteiger partial charge in [-0.2, -0.15) is 19.9 Å². The molecule has 6 nitrogen and oxygen atoms in total. The molecule has 0 aliphatic carbocycles. The molecular weight excluding hydrogens is 248 g/mol. The molecule has 0 spiro atoms. The van der Waals surface area contributed by atoms with E-state index in [0.717, 1.165) is 0 Å². The molecule has 0 radical (unpaired) electrons. The smallest absolute Gasteiger partial charge is 0.254 e. The van der Waals surface area contributed by atoms with E-state index in [4.69, 9.17) is 11.0 Å². The summed E-state index contributed by atoms with van der Waals surface area (Å²) < 4.78 is 1.34. The van der Waals surface area contributed by atoms with Gasteiger partial charge in [-0.25, -0.2) is 4.98 Å². The van der Waals surface area contributed by atoms with E-state index in [9.17, 15) is 0 Å². The lowest BCUT2D eigenvalue weighted by Crippen LogP contribution is -2.07. The zero-order chi connectivity index (χ0) is 10.1. The molecule has 0 amide bonds. The van der Waals surface area contributed by atoms with Gasteiger partial charge < -0.3 is 5.73 Å². The van der Waals surface area contributed by atoms with Crippen LogP contribution in [0.1, 0.15) is 11.3 Å². The van der Waals surface area contributed by atoms with Gasteiger partial charge in [0.05, 0.1) is 5.69 Å². The van der Waals surface area contributed by atoms with Crippen LogP contribution in [0.15, 0.2) is 6.33 Å². The normalized spacial score (nSPS) is 10.3. The third kappa shape index (κ3) is 1.12. The Morgan fingerprint density at radius 1 is 1.64 bits per heavy atom. The molecule has 0 aliphatic rings. The maximum atomic E-state index is 8.87. The van der Waals surface area contributed by atoms with Crippen LogP contribution in [-0.4, -0.2) is 19.6 Å². The first-order chi connectivity index (χ1) is 6.77. The predicted octanol–water partition coefficient (Wildman–Crippen LogP) is 0.473. The molecule has 0 saturated carbocycles. The number of nitriles is 1. The molecular formula is C7H5BrN6. The number of nitrogens with zero attached hydrogens (tertiary/aromatic N) is 5. The van der Waals surface area contributed by atoms with Gasteiger partial charge in [-0.05, 0) is 0 Å². The Hall–Kier alpha value is -1.68. The van der Waals surface area contributed by atoms with E-state index in [0.29, 0.717) is 22.4 Å². The topological polar surface area (TPSA) is 92.9 Å². The highest BCUT2D eigenvalue weighted by Crippen LogP contribution is 2.17. The van der Waals surface area contributed by atoms with Gasteiger partial charge in [-0.1, -0.05) is 15.9 Å². The number of halogens is 1. The highest BCUT2D eigenvalue weighted by atomic mass is 79.9. The maximum absolute atomic E-state index is 8.87. The Morgan fingerprint density at radius 3 is 3.07 bits per heavy atom. The molecule has 70 valence electrons. The summed E-state index contributed by atoms with van der Waals surface area (Å²) in [6, 6.07) is 1.99. The van der Waals surface area contributed by atoms with Crippen molar-refractivity contribution in [2.24, 2.45) is 0 Å². The van der Waals surface area contributed by atoms with Gasteiger partial charge in [0.15, 0.2) is 0 Å². The SMILES string of the molecule is N#Cc1c(CBr)nc2ncnn2c1N. The largest absolute Gasteiger partial charge is 0.382 e. The second kappa shape index (κ2) is 3.23. The van der Waals surface area contributed by atoms with Crippen molar-refractivity contribution in [3.05, 3.63) is 17.6 Å². The van der Waals surface area contributed by atoms with Crippen LogP contribution in [0.5, 0.6) is 0 Å². The first-order valence-corrected chi connectivity index (χ1v) is 4.84. The molecule has 0 saturated heterocycles. The Morgan fingerprint density at radius 2 is 2.43 bits per heavy atom. The summed E-state index contributed by atoms with van der Waals surface area (Å²) >= 11 is 3.23. The number of nitrogen functional groups attached to an aromatic ring is 1. The van der Waals surface area contributed by atoms with Gasteiger partial charge in [-0.3, -0.25) is 0 Å². The summed E-state index contributed by atoms with van der Waals surface area (Å²) in [5, 5.41) is 13.2. The van der Waals surface area contributed by atoms with E-state index in [2.05, 4.69) is 31.0 Å². The molecule has 2 N–H and O–H groups in total. The van der Waals surface area contributed by atoms with Gasteiger partial charge >= 0.3 is 0 Å². The summed E-state index contributed by atoms with van der Waals surface area (Å²) in [6.07, 6.45) is 1.35. The van der Waals surface area contributed by atoms with Crippen LogP contribution >= 0.6 is 15.9 Å². The molecule has 0 bridgehead atoms. The van der Waals surface area contributed by atoms with Gasteiger partial charge in [0.25, 0.3) is 5.78 Å². The van der Waals surface area contributed by atoms with Crippen molar-refractivity contribution in [2.45, 2.75) is 5.33 Å². The lowest BCUT2D eigenvalue weighted by molar-refractivity contribution is 0.935. The van der Waals surface area contributed by atoms with Crippen LogP contribution in [0.2, 0.25) is 0 Å². The van der Waals surface area contributed by atoms with Crippen molar-refractivity contribution < 1.29 is 0 Å². The number of hydrogen-bond acceptors (Lipinski definition) is 5. The molecule has 0 atom stereocenters. The van der Waals surface area contributed by atoms with Crippen LogP contribution in [0.25, 0.3) is 5.78 Å². The van der Waals surface area contributed by atoms with Crippen molar-refractivity contribution in [3.8, 4) is 6.07 Å². The van der Waals surface area contributed by atoms with E-state index in [1.54, 1.807) is 0 Å². The second-order valence-corrected chi connectivity index (χ2v) is 3.10. The minimum absolute atomic E-state index is 0.268. The fraction of sp³-hybridized carbons (Fsp3) is 0.143. The first kappa shape index (κ1) is 8.90. The second-order valence-electron chi connectivity index (χ2n) is 2.54. The van der Waals surface area contributed by atoms with E-state index >= 15 is 0 Å². The number of alkyl halides is 1. The molecule has 0 aliphatic heterocycles. The van der Waals surface area contributed by atoms with Crippen LogP contribution in [0, 0.1) is 11.3 Å². The van der Waals surface area contributed by atoms with E-state index in [-0.39, 0.29) is 5.82 Å². The number of fused-ring (bicyclic) bond motifs is 1. The van der Waals surface area contributed by atoms with Crippen LogP contribution in [0.4, 0.5) is 5.82 Å². The zero-order valence-electron chi connectivity index (χ0n) is 6.98. The van der Waals surface area contributed by atoms with Gasteiger partial charge in [0.2, 0.25) is 0 Å². The molecule has 14 heavy (non-hydrogen) atoms. The molecule has 7 heteroatoms. The summed E-state index contributed by atoms with van der Waals surface area (Å²) in [7, 11) is 0. The average Bonchev–Trinajstić information content (AvgIpc) is 2.65. The number of anilines is 1. The highest BCUT2D eigenvalue weighted by molar-refractivity contribution is 9.08. The minimum Gasteiger partial charge on any atom is -0.382 e. The van der Waals surface area contributed by atoms with Crippen molar-refractivity contribution in [3.63, 3.8) is 0 Å². The molecule has 0 aromatic carbocycles. The van der Waals surface area contributed by atoms with Gasteiger partial charge in [-0.15, -0.1) is 0 Å². The minimum atomic E-state index is 0.268. The first-order valence-electron chi connectivity index (χ1n) is 3.72. The third-order valence-electron chi connectivity index (χ3n) is 1.78. The lowest BCUT2D eigenvalue weighted by Gasteiger charge is -2.03. The summed E-state index contributed by atoms with van der Waals surface area (Å²) in [6.45, 7) is 0. The van der Waals surface area contributed by atoms with Crippen LogP contribution < -0.4 is 5.73 Å². The fourth-order valence-electron chi connectivity index (χ4n) is 1.13. The maximum Gasteiger partial charge on any atom is 0.254 e. The monoisotopic (exact) mass is 252 g/mol. The molecule has 0 fully saturated rings. The number of hydrogen-bond donors (Lipinski definition) is 1. The lowest BCUT2D eigenvalue weighted by atomic mass is 10.2. The standard InChI is InChI=1S/C7H5BrN6/c8-1-5-4(2-9)6(10)14-7(13-5)11-3-12-14/h3H,1,10H2. The molecule has 2 heterocycles. The highest BCUT2D eigenvalue weighted by Gasteiger charge is 2.12. The van der Waals surface area contributed by atoms with Crippen molar-refractivity contribution in [2.75, 3.05) is 5.73 Å². The van der Waals surface area contributed by atoms with Crippen molar-refractivity contribution in [1.82, 2.24) is 19.6 Å². The van der Waals surface area contributed by atoms with E-state index in [1.807, 2.05) is 6.07 Å². The zero-order valence-corrected chi connectivity index (χ0v) is 8.56. The summed E-state index contributed by atoms with van der Waals surface area (Å²) in [4.78, 5) is 8.02. The van der Waals surface area contributed by atoms with Gasteiger partial charge in [0.1, 0.15) is 23.8 Å². The quantitative estimate of drug-likeness (QED) is 0.745. The number of aromatic nitrogens is 4. The molecule has 2 aromatic heterocycles. The molecule has 2 rings (SSSR count).